The average molecular weight is 364 g/mol. The van der Waals surface area contributed by atoms with Gasteiger partial charge in [0.05, 0.1) is 5.52 Å². The molecule has 1 unspecified atom stereocenters. The number of para-hydroxylation sites is 2. The quantitative estimate of drug-likeness (QED) is 0.664. The molecule has 0 radical (unpaired) electrons. The Morgan fingerprint density at radius 3 is 2.81 bits per heavy atom. The molecule has 3 aromatic rings. The Kier molecular flexibility index (Phi) is 4.58. The molecule has 1 atom stereocenters. The second-order valence-electron chi connectivity index (χ2n) is 6.59. The summed E-state index contributed by atoms with van der Waals surface area (Å²) in [6.45, 7) is 2.15. The molecule has 1 aliphatic rings. The predicted octanol–water partition coefficient (Wildman–Crippen LogP) is 2.34. The standard InChI is InChI=1S/C20H20N4O3/c1-14(20(26)23-12-6-8-15-7-2-4-10-17(15)23)27-19(25)13-24-18-11-5-3-9-16(18)21-22-24/h2-5,7,9-11,14H,6,8,12-13H2,1H3. The molecule has 4 rings (SSSR count). The maximum absolute atomic E-state index is 12.8. The van der Waals surface area contributed by atoms with Gasteiger partial charge in [-0.05, 0) is 43.5 Å². The van der Waals surface area contributed by atoms with Gasteiger partial charge >= 0.3 is 5.97 Å². The lowest BCUT2D eigenvalue weighted by Crippen LogP contribution is -2.43. The number of hydrogen-bond donors (Lipinski definition) is 0. The number of aromatic nitrogens is 3. The molecule has 7 heteroatoms. The van der Waals surface area contributed by atoms with Gasteiger partial charge in [-0.25, -0.2) is 4.68 Å². The van der Waals surface area contributed by atoms with Crippen molar-refractivity contribution in [1.29, 1.82) is 0 Å². The van der Waals surface area contributed by atoms with Crippen molar-refractivity contribution in [2.75, 3.05) is 11.4 Å². The van der Waals surface area contributed by atoms with Crippen LogP contribution < -0.4 is 4.90 Å². The second kappa shape index (κ2) is 7.19. The number of hydrogen-bond acceptors (Lipinski definition) is 5. The van der Waals surface area contributed by atoms with Gasteiger partial charge in [0, 0.05) is 12.2 Å². The molecule has 0 fully saturated rings. The number of rotatable bonds is 4. The van der Waals surface area contributed by atoms with Crippen LogP contribution in [0.5, 0.6) is 0 Å². The summed E-state index contributed by atoms with van der Waals surface area (Å²) >= 11 is 0. The van der Waals surface area contributed by atoms with Crippen LogP contribution in [0.3, 0.4) is 0 Å². The smallest absolute Gasteiger partial charge is 0.328 e. The van der Waals surface area contributed by atoms with Crippen LogP contribution in [0.1, 0.15) is 18.9 Å². The predicted molar refractivity (Wildman–Crippen MR) is 100 cm³/mol. The van der Waals surface area contributed by atoms with E-state index in [0.717, 1.165) is 29.6 Å². The van der Waals surface area contributed by atoms with Crippen LogP contribution in [0.15, 0.2) is 48.5 Å². The number of carbonyl (C=O) groups excluding carboxylic acids is 2. The minimum Gasteiger partial charge on any atom is -0.451 e. The van der Waals surface area contributed by atoms with Crippen LogP contribution in [0.4, 0.5) is 5.69 Å². The minimum absolute atomic E-state index is 0.0886. The number of nitrogens with zero attached hydrogens (tertiary/aromatic N) is 4. The molecule has 0 spiro atoms. The van der Waals surface area contributed by atoms with Crippen molar-refractivity contribution in [3.05, 3.63) is 54.1 Å². The number of carbonyl (C=O) groups is 2. The van der Waals surface area contributed by atoms with Crippen molar-refractivity contribution in [1.82, 2.24) is 15.0 Å². The molecule has 7 nitrogen and oxygen atoms in total. The number of benzene rings is 2. The highest BCUT2D eigenvalue weighted by Gasteiger charge is 2.28. The van der Waals surface area contributed by atoms with Crippen LogP contribution >= 0.6 is 0 Å². The van der Waals surface area contributed by atoms with Gasteiger partial charge in [0.15, 0.2) is 6.10 Å². The van der Waals surface area contributed by atoms with Gasteiger partial charge in [0.2, 0.25) is 0 Å². The normalized spacial score (nSPS) is 14.6. The fourth-order valence-corrected chi connectivity index (χ4v) is 3.42. The summed E-state index contributed by atoms with van der Waals surface area (Å²) < 4.78 is 6.86. The van der Waals surface area contributed by atoms with Crippen LogP contribution in [-0.4, -0.2) is 39.5 Å². The Bertz CT molecular complexity index is 998. The Hall–Kier alpha value is -3.22. The lowest BCUT2D eigenvalue weighted by Gasteiger charge is -2.31. The molecule has 0 N–H and O–H groups in total. The molecule has 0 aliphatic carbocycles. The van der Waals surface area contributed by atoms with Crippen molar-refractivity contribution in [3.63, 3.8) is 0 Å². The summed E-state index contributed by atoms with van der Waals surface area (Å²) in [6.07, 6.45) is 0.987. The van der Waals surface area contributed by atoms with Crippen LogP contribution in [0, 0.1) is 0 Å². The maximum atomic E-state index is 12.8. The Labute approximate surface area is 156 Å². The zero-order valence-corrected chi connectivity index (χ0v) is 15.0. The van der Waals surface area contributed by atoms with E-state index >= 15 is 0 Å². The third-order valence-electron chi connectivity index (χ3n) is 4.73. The van der Waals surface area contributed by atoms with E-state index in [-0.39, 0.29) is 12.5 Å². The zero-order valence-electron chi connectivity index (χ0n) is 15.0. The fourth-order valence-electron chi connectivity index (χ4n) is 3.42. The molecule has 0 saturated carbocycles. The van der Waals surface area contributed by atoms with Crippen molar-refractivity contribution in [2.45, 2.75) is 32.4 Å². The number of anilines is 1. The molecule has 1 amide bonds. The maximum Gasteiger partial charge on any atom is 0.328 e. The van der Waals surface area contributed by atoms with Gasteiger partial charge in [-0.3, -0.25) is 9.59 Å². The summed E-state index contributed by atoms with van der Waals surface area (Å²) in [5.74, 6) is -0.726. The number of esters is 1. The van der Waals surface area contributed by atoms with Crippen molar-refractivity contribution < 1.29 is 14.3 Å². The third kappa shape index (κ3) is 3.40. The first-order chi connectivity index (χ1) is 13.1. The molecule has 138 valence electrons. The Balaban J connectivity index is 1.44. The summed E-state index contributed by atoms with van der Waals surface area (Å²) in [7, 11) is 0. The molecular formula is C20H20N4O3. The van der Waals surface area contributed by atoms with E-state index < -0.39 is 12.1 Å². The van der Waals surface area contributed by atoms with Crippen molar-refractivity contribution in [3.8, 4) is 0 Å². The van der Waals surface area contributed by atoms with E-state index in [4.69, 9.17) is 4.74 Å². The van der Waals surface area contributed by atoms with E-state index in [9.17, 15) is 9.59 Å². The average Bonchev–Trinajstić information content (AvgIpc) is 3.09. The van der Waals surface area contributed by atoms with Crippen molar-refractivity contribution in [2.24, 2.45) is 0 Å². The minimum atomic E-state index is -0.863. The van der Waals surface area contributed by atoms with E-state index in [1.165, 1.54) is 4.68 Å². The van der Waals surface area contributed by atoms with E-state index in [2.05, 4.69) is 10.3 Å². The number of ether oxygens (including phenoxy) is 1. The van der Waals surface area contributed by atoms with Gasteiger partial charge in [0.25, 0.3) is 5.91 Å². The zero-order chi connectivity index (χ0) is 18.8. The highest BCUT2D eigenvalue weighted by Crippen LogP contribution is 2.27. The van der Waals surface area contributed by atoms with Gasteiger partial charge in [0.1, 0.15) is 12.1 Å². The van der Waals surface area contributed by atoms with Gasteiger partial charge in [-0.2, -0.15) is 0 Å². The topological polar surface area (TPSA) is 77.3 Å². The van der Waals surface area contributed by atoms with Gasteiger partial charge in [-0.15, -0.1) is 5.10 Å². The highest BCUT2D eigenvalue weighted by molar-refractivity contribution is 5.98. The monoisotopic (exact) mass is 364 g/mol. The summed E-state index contributed by atoms with van der Waals surface area (Å²) in [5, 5.41) is 7.99. The third-order valence-corrected chi connectivity index (χ3v) is 4.73. The van der Waals surface area contributed by atoms with E-state index in [0.29, 0.717) is 12.1 Å². The first-order valence-corrected chi connectivity index (χ1v) is 9.00. The summed E-state index contributed by atoms with van der Waals surface area (Å²) in [6, 6.07) is 15.2. The van der Waals surface area contributed by atoms with Gasteiger partial charge < -0.3 is 9.64 Å². The van der Waals surface area contributed by atoms with E-state index in [1.807, 2.05) is 48.5 Å². The molecule has 2 heterocycles. The second-order valence-corrected chi connectivity index (χ2v) is 6.59. The van der Waals surface area contributed by atoms with E-state index in [1.54, 1.807) is 11.8 Å². The van der Waals surface area contributed by atoms with Crippen LogP contribution in [0.25, 0.3) is 11.0 Å². The first kappa shape index (κ1) is 17.2. The molecule has 27 heavy (non-hydrogen) atoms. The number of amides is 1. The largest absolute Gasteiger partial charge is 0.451 e. The molecule has 1 aromatic heterocycles. The number of aryl methyl sites for hydroxylation is 1. The summed E-state index contributed by atoms with van der Waals surface area (Å²) in [5.41, 5.74) is 3.50. The van der Waals surface area contributed by atoms with Crippen molar-refractivity contribution >= 4 is 28.6 Å². The molecule has 0 saturated heterocycles. The Morgan fingerprint density at radius 1 is 1.15 bits per heavy atom. The van der Waals surface area contributed by atoms with Crippen LogP contribution in [0.2, 0.25) is 0 Å². The number of fused-ring (bicyclic) bond motifs is 2. The summed E-state index contributed by atoms with van der Waals surface area (Å²) in [4.78, 5) is 26.9. The van der Waals surface area contributed by atoms with Crippen LogP contribution in [-0.2, 0) is 27.3 Å². The molecule has 2 aromatic carbocycles. The molecular weight excluding hydrogens is 344 g/mol. The fraction of sp³-hybridized carbons (Fsp3) is 0.300. The first-order valence-electron chi connectivity index (χ1n) is 9.00. The SMILES string of the molecule is CC(OC(=O)Cn1nnc2ccccc21)C(=O)N1CCCc2ccccc21. The van der Waals surface area contributed by atoms with Gasteiger partial charge in [-0.1, -0.05) is 35.5 Å². The lowest BCUT2D eigenvalue weighted by atomic mass is 10.0. The molecule has 0 bridgehead atoms. The lowest BCUT2D eigenvalue weighted by molar-refractivity contribution is -0.154. The molecule has 1 aliphatic heterocycles. The Morgan fingerprint density at radius 2 is 1.93 bits per heavy atom. The highest BCUT2D eigenvalue weighted by atomic mass is 16.5.